The Kier molecular flexibility index (Phi) is 2.74. The van der Waals surface area contributed by atoms with Crippen molar-refractivity contribution in [2.24, 2.45) is 0 Å². The van der Waals surface area contributed by atoms with Crippen molar-refractivity contribution < 1.29 is 0 Å². The second-order valence-electron chi connectivity index (χ2n) is 6.29. The Balaban J connectivity index is 1.71. The molecular formula is C20H17N3. The average molecular weight is 299 g/mol. The number of allylic oxidation sites excluding steroid dienone is 1. The van der Waals surface area contributed by atoms with Crippen LogP contribution in [-0.4, -0.2) is 15.4 Å². The van der Waals surface area contributed by atoms with Gasteiger partial charge in [0.15, 0.2) is 0 Å². The summed E-state index contributed by atoms with van der Waals surface area (Å²) >= 11 is 0. The molecule has 1 aromatic heterocycles. The predicted molar refractivity (Wildman–Crippen MR) is 91.1 cm³/mol. The number of aromatic amines is 1. The van der Waals surface area contributed by atoms with E-state index in [-0.39, 0.29) is 0 Å². The first kappa shape index (κ1) is 12.8. The number of hydrogen-bond donors (Lipinski definition) is 1. The summed E-state index contributed by atoms with van der Waals surface area (Å²) in [6.07, 6.45) is 8.60. The van der Waals surface area contributed by atoms with E-state index in [0.717, 1.165) is 31.4 Å². The number of aromatic nitrogens is 3. The van der Waals surface area contributed by atoms with Crippen molar-refractivity contribution >= 4 is 5.57 Å². The van der Waals surface area contributed by atoms with E-state index in [1.807, 2.05) is 6.20 Å². The van der Waals surface area contributed by atoms with E-state index >= 15 is 0 Å². The van der Waals surface area contributed by atoms with Crippen molar-refractivity contribution in [2.45, 2.75) is 25.7 Å². The smallest absolute Gasteiger partial charge is 0.113 e. The van der Waals surface area contributed by atoms with Crippen LogP contribution < -0.4 is 0 Å². The number of H-pyrrole nitrogens is 1. The van der Waals surface area contributed by atoms with Crippen LogP contribution in [0.5, 0.6) is 0 Å². The fraction of sp³-hybridized carbons (Fsp3) is 0.200. The lowest BCUT2D eigenvalue weighted by molar-refractivity contribution is 0.882. The number of hydrogen-bond acceptors (Lipinski definition) is 2. The Morgan fingerprint density at radius 1 is 0.826 bits per heavy atom. The molecule has 3 heteroatoms. The molecule has 2 aliphatic carbocycles. The van der Waals surface area contributed by atoms with Gasteiger partial charge < -0.3 is 0 Å². The maximum Gasteiger partial charge on any atom is 0.113 e. The number of rotatable bonds is 1. The summed E-state index contributed by atoms with van der Waals surface area (Å²) in [7, 11) is 0. The van der Waals surface area contributed by atoms with Gasteiger partial charge >= 0.3 is 0 Å². The Labute approximate surface area is 135 Å². The maximum atomic E-state index is 4.28. The van der Waals surface area contributed by atoms with Crippen molar-refractivity contribution in [3.05, 3.63) is 76.6 Å². The first-order valence-electron chi connectivity index (χ1n) is 8.21. The van der Waals surface area contributed by atoms with Crippen LogP contribution in [0.4, 0.5) is 0 Å². The van der Waals surface area contributed by atoms with Crippen LogP contribution in [0, 0.1) is 0 Å². The van der Waals surface area contributed by atoms with Crippen LogP contribution in [-0.2, 0) is 19.3 Å². The van der Waals surface area contributed by atoms with Gasteiger partial charge in [-0.05, 0) is 59.1 Å². The molecule has 0 fully saturated rings. The fourth-order valence-electron chi connectivity index (χ4n) is 4.07. The average Bonchev–Trinajstić information content (AvgIpc) is 3.15. The van der Waals surface area contributed by atoms with Crippen molar-refractivity contribution in [3.8, 4) is 11.1 Å². The summed E-state index contributed by atoms with van der Waals surface area (Å²) in [5.74, 6) is 0. The molecule has 0 spiro atoms. The van der Waals surface area contributed by atoms with Gasteiger partial charge in [0.25, 0.3) is 0 Å². The van der Waals surface area contributed by atoms with E-state index < -0.39 is 0 Å². The van der Waals surface area contributed by atoms with Gasteiger partial charge in [-0.2, -0.15) is 15.4 Å². The minimum atomic E-state index is 0.946. The molecular weight excluding hydrogens is 282 g/mol. The molecule has 0 bridgehead atoms. The maximum absolute atomic E-state index is 4.28. The quantitative estimate of drug-likeness (QED) is 0.739. The number of nitrogens with one attached hydrogen (secondary N) is 1. The summed E-state index contributed by atoms with van der Waals surface area (Å²) in [4.78, 5) is 0. The first-order valence-corrected chi connectivity index (χ1v) is 8.21. The topological polar surface area (TPSA) is 41.6 Å². The van der Waals surface area contributed by atoms with Crippen molar-refractivity contribution in [2.75, 3.05) is 0 Å². The third-order valence-corrected chi connectivity index (χ3v) is 5.11. The SMILES string of the molecule is C1=C(c2cn[nH]n2)c2ccc3c(c2CC1)CCc1ccccc1-3. The molecule has 0 aliphatic heterocycles. The molecule has 0 amide bonds. The van der Waals surface area contributed by atoms with E-state index in [9.17, 15) is 0 Å². The van der Waals surface area contributed by atoms with E-state index in [1.54, 1.807) is 0 Å². The number of fused-ring (bicyclic) bond motifs is 5. The number of nitrogens with zero attached hydrogens (tertiary/aromatic N) is 2. The van der Waals surface area contributed by atoms with Gasteiger partial charge in [0.2, 0.25) is 0 Å². The largest absolute Gasteiger partial charge is 0.197 e. The lowest BCUT2D eigenvalue weighted by atomic mass is 9.77. The molecule has 1 N–H and O–H groups in total. The van der Waals surface area contributed by atoms with Gasteiger partial charge in [-0.3, -0.25) is 0 Å². The summed E-state index contributed by atoms with van der Waals surface area (Å²) in [5, 5.41) is 11.0. The third kappa shape index (κ3) is 1.89. The van der Waals surface area contributed by atoms with Crippen molar-refractivity contribution in [1.82, 2.24) is 15.4 Å². The molecule has 0 saturated carbocycles. The molecule has 3 aromatic rings. The minimum Gasteiger partial charge on any atom is -0.197 e. The normalized spacial score (nSPS) is 15.4. The van der Waals surface area contributed by atoms with Crippen LogP contribution in [0.3, 0.4) is 0 Å². The standard InChI is InChI=1S/C20H17N3/c1-2-5-14-13(4-1)8-9-17-15-6-3-7-19(20-12-21-23-22-20)18(15)11-10-16(14)17/h1-2,4-5,7,10-12H,3,6,8-9H2,(H,21,22,23). The van der Waals surface area contributed by atoms with E-state index in [1.165, 1.54) is 39.0 Å². The van der Waals surface area contributed by atoms with Gasteiger partial charge in [-0.15, -0.1) is 0 Å². The molecule has 2 aromatic carbocycles. The zero-order valence-corrected chi connectivity index (χ0v) is 12.8. The lowest BCUT2D eigenvalue weighted by Crippen LogP contribution is -2.11. The molecule has 2 aliphatic rings. The molecule has 0 radical (unpaired) electrons. The van der Waals surface area contributed by atoms with Gasteiger partial charge in [0.05, 0.1) is 6.20 Å². The van der Waals surface area contributed by atoms with Crippen LogP contribution in [0.25, 0.3) is 16.7 Å². The highest BCUT2D eigenvalue weighted by molar-refractivity contribution is 5.85. The first-order chi connectivity index (χ1) is 11.4. The Bertz CT molecular complexity index is 920. The van der Waals surface area contributed by atoms with E-state index in [0.29, 0.717) is 0 Å². The molecule has 112 valence electrons. The zero-order valence-electron chi connectivity index (χ0n) is 12.8. The fourth-order valence-corrected chi connectivity index (χ4v) is 4.07. The Hall–Kier alpha value is -2.68. The second kappa shape index (κ2) is 4.92. The molecule has 3 nitrogen and oxygen atoms in total. The highest BCUT2D eigenvalue weighted by Gasteiger charge is 2.24. The van der Waals surface area contributed by atoms with Gasteiger partial charge in [-0.1, -0.05) is 42.5 Å². The Morgan fingerprint density at radius 3 is 2.61 bits per heavy atom. The molecule has 23 heavy (non-hydrogen) atoms. The van der Waals surface area contributed by atoms with Gasteiger partial charge in [0.1, 0.15) is 5.69 Å². The van der Waals surface area contributed by atoms with Crippen molar-refractivity contribution in [1.29, 1.82) is 0 Å². The van der Waals surface area contributed by atoms with Gasteiger partial charge in [-0.25, -0.2) is 0 Å². The summed E-state index contributed by atoms with van der Waals surface area (Å²) in [6.45, 7) is 0. The Morgan fingerprint density at radius 2 is 1.70 bits per heavy atom. The van der Waals surface area contributed by atoms with Crippen LogP contribution >= 0.6 is 0 Å². The van der Waals surface area contributed by atoms with Gasteiger partial charge in [0, 0.05) is 5.57 Å². The van der Waals surface area contributed by atoms with E-state index in [2.05, 4.69) is 57.9 Å². The molecule has 0 saturated heterocycles. The predicted octanol–water partition coefficient (Wildman–Crippen LogP) is 3.95. The summed E-state index contributed by atoms with van der Waals surface area (Å²) < 4.78 is 0. The molecule has 0 unspecified atom stereocenters. The molecule has 5 rings (SSSR count). The van der Waals surface area contributed by atoms with Crippen LogP contribution in [0.15, 0.2) is 48.7 Å². The minimum absolute atomic E-state index is 0.946. The monoisotopic (exact) mass is 299 g/mol. The third-order valence-electron chi connectivity index (χ3n) is 5.11. The zero-order chi connectivity index (χ0) is 15.2. The van der Waals surface area contributed by atoms with E-state index in [4.69, 9.17) is 0 Å². The molecule has 1 heterocycles. The highest BCUT2D eigenvalue weighted by atomic mass is 15.3. The summed E-state index contributed by atoms with van der Waals surface area (Å²) in [6, 6.07) is 13.4. The molecule has 0 atom stereocenters. The lowest BCUT2D eigenvalue weighted by Gasteiger charge is -2.27. The van der Waals surface area contributed by atoms with Crippen LogP contribution in [0.1, 0.15) is 34.4 Å². The second-order valence-corrected chi connectivity index (χ2v) is 6.29. The van der Waals surface area contributed by atoms with Crippen LogP contribution in [0.2, 0.25) is 0 Å². The number of aryl methyl sites for hydroxylation is 1. The number of benzene rings is 2. The summed E-state index contributed by atoms with van der Waals surface area (Å²) in [5.41, 5.74) is 10.9. The highest BCUT2D eigenvalue weighted by Crippen LogP contribution is 2.40. The van der Waals surface area contributed by atoms with Crippen molar-refractivity contribution in [3.63, 3.8) is 0 Å².